The fourth-order valence-electron chi connectivity index (χ4n) is 2.47. The van der Waals surface area contributed by atoms with Crippen LogP contribution in [0.5, 0.6) is 0 Å². The summed E-state index contributed by atoms with van der Waals surface area (Å²) in [6, 6.07) is 17.0. The molecule has 132 valence electrons. The third-order valence-corrected chi connectivity index (χ3v) is 3.76. The van der Waals surface area contributed by atoms with Gasteiger partial charge in [-0.15, -0.1) is 0 Å². The maximum Gasteiger partial charge on any atom is 0.339 e. The molecule has 0 fully saturated rings. The molecule has 0 aliphatic heterocycles. The van der Waals surface area contributed by atoms with Gasteiger partial charge in [-0.2, -0.15) is 4.98 Å². The van der Waals surface area contributed by atoms with Gasteiger partial charge in [0.05, 0.1) is 18.4 Å². The number of para-hydroxylation sites is 1. The van der Waals surface area contributed by atoms with E-state index in [1.54, 1.807) is 18.2 Å². The average Bonchev–Trinajstić information content (AvgIpc) is 2.63. The summed E-state index contributed by atoms with van der Waals surface area (Å²) in [7, 11) is 1.35. The molecule has 2 N–H and O–H groups in total. The summed E-state index contributed by atoms with van der Waals surface area (Å²) < 4.78 is 4.82. The zero-order chi connectivity index (χ0) is 18.5. The zero-order valence-corrected chi connectivity index (χ0v) is 14.9. The SMILES string of the molecule is COC(=O)c1ccccc1Nc1nc(C)cc(Nc2ccc(C)cc2)n1. The second-order valence-corrected chi connectivity index (χ2v) is 5.87. The van der Waals surface area contributed by atoms with E-state index in [1.807, 2.05) is 50.2 Å². The van der Waals surface area contributed by atoms with Gasteiger partial charge in [0.15, 0.2) is 0 Å². The van der Waals surface area contributed by atoms with Gasteiger partial charge in [0.25, 0.3) is 0 Å². The highest BCUT2D eigenvalue weighted by Gasteiger charge is 2.12. The predicted molar refractivity (Wildman–Crippen MR) is 102 cm³/mol. The number of nitrogens with one attached hydrogen (secondary N) is 2. The number of anilines is 4. The molecule has 0 radical (unpaired) electrons. The normalized spacial score (nSPS) is 10.3. The van der Waals surface area contributed by atoms with Crippen molar-refractivity contribution in [3.05, 3.63) is 71.4 Å². The van der Waals surface area contributed by atoms with Crippen molar-refractivity contribution in [3.63, 3.8) is 0 Å². The largest absolute Gasteiger partial charge is 0.465 e. The minimum atomic E-state index is -0.418. The molecule has 0 amide bonds. The fourth-order valence-corrected chi connectivity index (χ4v) is 2.47. The molecule has 0 bridgehead atoms. The topological polar surface area (TPSA) is 76.1 Å². The number of nitrogens with zero attached hydrogens (tertiary/aromatic N) is 2. The summed E-state index contributed by atoms with van der Waals surface area (Å²) in [5, 5.41) is 6.36. The molecule has 0 atom stereocenters. The number of aromatic nitrogens is 2. The summed E-state index contributed by atoms with van der Waals surface area (Å²) in [6.45, 7) is 3.93. The number of methoxy groups -OCH3 is 1. The highest BCUT2D eigenvalue weighted by atomic mass is 16.5. The number of hydrogen-bond acceptors (Lipinski definition) is 6. The first-order valence-corrected chi connectivity index (χ1v) is 8.19. The van der Waals surface area contributed by atoms with Crippen molar-refractivity contribution in [3.8, 4) is 0 Å². The fraction of sp³-hybridized carbons (Fsp3) is 0.150. The quantitative estimate of drug-likeness (QED) is 0.667. The van der Waals surface area contributed by atoms with Crippen LogP contribution in [-0.2, 0) is 4.74 Å². The van der Waals surface area contributed by atoms with Crippen LogP contribution in [0.1, 0.15) is 21.6 Å². The lowest BCUT2D eigenvalue weighted by Gasteiger charge is -2.12. The van der Waals surface area contributed by atoms with E-state index in [9.17, 15) is 4.79 Å². The predicted octanol–water partition coefficient (Wildman–Crippen LogP) is 4.37. The Kier molecular flexibility index (Phi) is 5.12. The molecule has 3 aromatic rings. The lowest BCUT2D eigenvalue weighted by atomic mass is 10.2. The van der Waals surface area contributed by atoms with E-state index >= 15 is 0 Å². The van der Waals surface area contributed by atoms with E-state index in [2.05, 4.69) is 20.6 Å². The first-order chi connectivity index (χ1) is 12.5. The van der Waals surface area contributed by atoms with Crippen molar-refractivity contribution in [2.75, 3.05) is 17.7 Å². The molecular weight excluding hydrogens is 328 g/mol. The monoisotopic (exact) mass is 348 g/mol. The summed E-state index contributed by atoms with van der Waals surface area (Å²) in [5.74, 6) is 0.647. The first kappa shape index (κ1) is 17.4. The van der Waals surface area contributed by atoms with Gasteiger partial charge in [0.1, 0.15) is 5.82 Å². The molecule has 6 nitrogen and oxygen atoms in total. The van der Waals surface area contributed by atoms with E-state index in [0.717, 1.165) is 11.4 Å². The van der Waals surface area contributed by atoms with Crippen LogP contribution >= 0.6 is 0 Å². The Balaban J connectivity index is 1.87. The number of rotatable bonds is 5. The molecule has 0 spiro atoms. The molecule has 26 heavy (non-hydrogen) atoms. The summed E-state index contributed by atoms with van der Waals surface area (Å²) in [4.78, 5) is 20.8. The molecule has 0 saturated heterocycles. The lowest BCUT2D eigenvalue weighted by molar-refractivity contribution is 0.0602. The Morgan fingerprint density at radius 1 is 0.962 bits per heavy atom. The third kappa shape index (κ3) is 4.16. The highest BCUT2D eigenvalue weighted by Crippen LogP contribution is 2.22. The van der Waals surface area contributed by atoms with Gasteiger partial charge >= 0.3 is 5.97 Å². The first-order valence-electron chi connectivity index (χ1n) is 8.19. The van der Waals surface area contributed by atoms with Crippen molar-refractivity contribution >= 4 is 29.1 Å². The van der Waals surface area contributed by atoms with Gasteiger partial charge in [-0.25, -0.2) is 9.78 Å². The smallest absolute Gasteiger partial charge is 0.339 e. The Hall–Kier alpha value is -3.41. The molecule has 2 aromatic carbocycles. The number of benzene rings is 2. The van der Waals surface area contributed by atoms with Crippen LogP contribution in [0.2, 0.25) is 0 Å². The molecule has 6 heteroatoms. The van der Waals surface area contributed by atoms with Crippen molar-refractivity contribution in [2.24, 2.45) is 0 Å². The molecule has 0 aliphatic rings. The van der Waals surface area contributed by atoms with Gasteiger partial charge < -0.3 is 15.4 Å². The van der Waals surface area contributed by atoms with Crippen molar-refractivity contribution in [1.29, 1.82) is 0 Å². The molecule has 0 aliphatic carbocycles. The third-order valence-electron chi connectivity index (χ3n) is 3.76. The van der Waals surface area contributed by atoms with Crippen LogP contribution in [0.4, 0.5) is 23.1 Å². The van der Waals surface area contributed by atoms with Crippen LogP contribution in [0.25, 0.3) is 0 Å². The van der Waals surface area contributed by atoms with Crippen molar-refractivity contribution in [1.82, 2.24) is 9.97 Å². The number of ether oxygens (including phenoxy) is 1. The summed E-state index contributed by atoms with van der Waals surface area (Å²) in [5.41, 5.74) is 3.94. The molecule has 3 rings (SSSR count). The zero-order valence-electron chi connectivity index (χ0n) is 14.9. The van der Waals surface area contributed by atoms with Crippen LogP contribution in [0, 0.1) is 13.8 Å². The molecule has 1 aromatic heterocycles. The maximum atomic E-state index is 11.9. The van der Waals surface area contributed by atoms with Crippen molar-refractivity contribution < 1.29 is 9.53 Å². The molecule has 1 heterocycles. The summed E-state index contributed by atoms with van der Waals surface area (Å²) >= 11 is 0. The van der Waals surface area contributed by atoms with E-state index < -0.39 is 5.97 Å². The molecular formula is C20H20N4O2. The van der Waals surface area contributed by atoms with Gasteiger partial charge in [-0.05, 0) is 38.1 Å². The van der Waals surface area contributed by atoms with Gasteiger partial charge in [-0.3, -0.25) is 0 Å². The lowest BCUT2D eigenvalue weighted by Crippen LogP contribution is -2.08. The maximum absolute atomic E-state index is 11.9. The Bertz CT molecular complexity index is 923. The van der Waals surface area contributed by atoms with Gasteiger partial charge in [0.2, 0.25) is 5.95 Å². The van der Waals surface area contributed by atoms with Crippen LogP contribution < -0.4 is 10.6 Å². The standard InChI is InChI=1S/C20H20N4O2/c1-13-8-10-15(11-9-13)22-18-12-14(2)21-20(24-18)23-17-7-5-4-6-16(17)19(25)26-3/h4-12H,1-3H3,(H2,21,22,23,24). The van der Waals surface area contributed by atoms with E-state index in [4.69, 9.17) is 4.74 Å². The molecule has 0 saturated carbocycles. The Labute approximate surface area is 152 Å². The number of aryl methyl sites for hydroxylation is 2. The number of hydrogen-bond donors (Lipinski definition) is 2. The molecule has 0 unspecified atom stereocenters. The van der Waals surface area contributed by atoms with Gasteiger partial charge in [0, 0.05) is 17.4 Å². The summed E-state index contributed by atoms with van der Waals surface area (Å²) in [6.07, 6.45) is 0. The Morgan fingerprint density at radius 3 is 2.42 bits per heavy atom. The van der Waals surface area contributed by atoms with E-state index in [-0.39, 0.29) is 0 Å². The number of esters is 1. The second-order valence-electron chi connectivity index (χ2n) is 5.87. The van der Waals surface area contributed by atoms with E-state index in [1.165, 1.54) is 12.7 Å². The van der Waals surface area contributed by atoms with Crippen LogP contribution in [0.15, 0.2) is 54.6 Å². The number of carbonyl (C=O) groups excluding carboxylic acids is 1. The highest BCUT2D eigenvalue weighted by molar-refractivity contribution is 5.96. The number of carbonyl (C=O) groups is 1. The average molecular weight is 348 g/mol. The van der Waals surface area contributed by atoms with E-state index in [0.29, 0.717) is 23.0 Å². The second kappa shape index (κ2) is 7.65. The Morgan fingerprint density at radius 2 is 1.69 bits per heavy atom. The minimum Gasteiger partial charge on any atom is -0.465 e. The van der Waals surface area contributed by atoms with Crippen LogP contribution in [-0.4, -0.2) is 23.0 Å². The van der Waals surface area contributed by atoms with Crippen molar-refractivity contribution in [2.45, 2.75) is 13.8 Å². The minimum absolute atomic E-state index is 0.399. The van der Waals surface area contributed by atoms with Gasteiger partial charge in [-0.1, -0.05) is 29.8 Å². The van der Waals surface area contributed by atoms with Crippen LogP contribution in [0.3, 0.4) is 0 Å².